The summed E-state index contributed by atoms with van der Waals surface area (Å²) in [6.45, 7) is 3.68. The monoisotopic (exact) mass is 352 g/mol. The summed E-state index contributed by atoms with van der Waals surface area (Å²) >= 11 is 0. The van der Waals surface area contributed by atoms with Gasteiger partial charge in [0.1, 0.15) is 0 Å². The van der Waals surface area contributed by atoms with Crippen molar-refractivity contribution in [3.63, 3.8) is 0 Å². The van der Waals surface area contributed by atoms with Gasteiger partial charge in [-0.3, -0.25) is 0 Å². The molecule has 1 aromatic heterocycles. The molecule has 0 unspecified atom stereocenters. The van der Waals surface area contributed by atoms with Crippen molar-refractivity contribution in [1.29, 1.82) is 0 Å². The number of hydrogen-bond donors (Lipinski definition) is 1. The lowest BCUT2D eigenvalue weighted by Crippen LogP contribution is -2.20. The number of aromatic nitrogens is 1. The molecule has 4 nitrogen and oxygen atoms in total. The summed E-state index contributed by atoms with van der Waals surface area (Å²) in [4.78, 5) is 0.310. The summed E-state index contributed by atoms with van der Waals surface area (Å²) < 4.78 is 27.8. The van der Waals surface area contributed by atoms with Crippen LogP contribution in [0.5, 0.6) is 0 Å². The molecule has 2 heterocycles. The first kappa shape index (κ1) is 16.1. The van der Waals surface area contributed by atoms with Crippen molar-refractivity contribution in [3.05, 3.63) is 71.9 Å². The number of hydrogen-bond acceptors (Lipinski definition) is 3. The van der Waals surface area contributed by atoms with Crippen molar-refractivity contribution >= 4 is 26.5 Å². The number of rotatable bonds is 3. The molecule has 4 rings (SSSR count). The van der Waals surface area contributed by atoms with E-state index in [1.807, 2.05) is 43.3 Å². The number of nitrogens with zero attached hydrogens (tertiary/aromatic N) is 1. The fourth-order valence-electron chi connectivity index (χ4n) is 3.30. The van der Waals surface area contributed by atoms with Gasteiger partial charge in [0, 0.05) is 23.7 Å². The maximum Gasteiger partial charge on any atom is 0.268 e. The van der Waals surface area contributed by atoms with Crippen LogP contribution in [0.4, 0.5) is 0 Å². The lowest BCUT2D eigenvalue weighted by Gasteiger charge is -2.13. The molecular formula is C20H20N2O2S. The first-order valence-electron chi connectivity index (χ1n) is 8.40. The van der Waals surface area contributed by atoms with Crippen LogP contribution >= 0.6 is 0 Å². The molecule has 0 aliphatic carbocycles. The molecular weight excluding hydrogens is 332 g/mol. The van der Waals surface area contributed by atoms with Crippen LogP contribution in [0, 0.1) is 6.92 Å². The Morgan fingerprint density at radius 2 is 1.80 bits per heavy atom. The molecule has 128 valence electrons. The van der Waals surface area contributed by atoms with Gasteiger partial charge in [0.2, 0.25) is 0 Å². The average Bonchev–Trinajstić information content (AvgIpc) is 3.03. The Morgan fingerprint density at radius 1 is 1.04 bits per heavy atom. The second-order valence-corrected chi connectivity index (χ2v) is 8.17. The highest BCUT2D eigenvalue weighted by molar-refractivity contribution is 7.90. The molecule has 0 saturated heterocycles. The Balaban J connectivity index is 1.93. The van der Waals surface area contributed by atoms with Gasteiger partial charge in [-0.2, -0.15) is 0 Å². The zero-order valence-electron chi connectivity index (χ0n) is 14.1. The van der Waals surface area contributed by atoms with Crippen molar-refractivity contribution in [3.8, 4) is 0 Å². The van der Waals surface area contributed by atoms with E-state index in [2.05, 4.69) is 11.4 Å². The van der Waals surface area contributed by atoms with Crippen molar-refractivity contribution in [1.82, 2.24) is 9.29 Å². The van der Waals surface area contributed by atoms with Gasteiger partial charge in [-0.05, 0) is 43.7 Å². The number of nitrogens with one attached hydrogen (secondary N) is 1. The zero-order chi connectivity index (χ0) is 17.4. The standard InChI is InChI=1S/C20H20N2O2S/c1-15-6-8-17(9-7-15)25(23,24)22-14-19(16-10-12-21-13-11-16)18-4-2-3-5-20(18)22/h2-10,14,21H,11-13H2,1H3. The molecule has 1 N–H and O–H groups in total. The van der Waals surface area contributed by atoms with Crippen LogP contribution in [-0.2, 0) is 10.0 Å². The van der Waals surface area contributed by atoms with Gasteiger partial charge >= 0.3 is 0 Å². The third kappa shape index (κ3) is 2.79. The molecule has 0 radical (unpaired) electrons. The van der Waals surface area contributed by atoms with Crippen LogP contribution in [-0.4, -0.2) is 25.5 Å². The molecule has 0 amide bonds. The molecule has 1 aliphatic rings. The smallest absolute Gasteiger partial charge is 0.268 e. The largest absolute Gasteiger partial charge is 0.313 e. The molecule has 2 aromatic carbocycles. The van der Waals surface area contributed by atoms with Gasteiger partial charge in [-0.25, -0.2) is 12.4 Å². The summed E-state index contributed by atoms with van der Waals surface area (Å²) in [5.74, 6) is 0. The Labute approximate surface area is 147 Å². The van der Waals surface area contributed by atoms with Crippen LogP contribution in [0.1, 0.15) is 17.5 Å². The normalized spacial score (nSPS) is 15.3. The molecule has 0 fully saturated rings. The van der Waals surface area contributed by atoms with E-state index in [1.54, 1.807) is 18.3 Å². The van der Waals surface area contributed by atoms with E-state index in [4.69, 9.17) is 0 Å². The third-order valence-corrected chi connectivity index (χ3v) is 6.35. The van der Waals surface area contributed by atoms with Gasteiger partial charge < -0.3 is 5.32 Å². The van der Waals surface area contributed by atoms with Crippen LogP contribution in [0.2, 0.25) is 0 Å². The van der Waals surface area contributed by atoms with E-state index < -0.39 is 10.0 Å². The van der Waals surface area contributed by atoms with E-state index >= 15 is 0 Å². The highest BCUT2D eigenvalue weighted by Gasteiger charge is 2.22. The van der Waals surface area contributed by atoms with Gasteiger partial charge in [-0.15, -0.1) is 0 Å². The van der Waals surface area contributed by atoms with Crippen LogP contribution < -0.4 is 5.32 Å². The number of fused-ring (bicyclic) bond motifs is 1. The topological polar surface area (TPSA) is 51.1 Å². The highest BCUT2D eigenvalue weighted by atomic mass is 32.2. The summed E-state index contributed by atoms with van der Waals surface area (Å²) in [7, 11) is -3.63. The van der Waals surface area contributed by atoms with Crippen LogP contribution in [0.15, 0.2) is 65.7 Å². The van der Waals surface area contributed by atoms with E-state index in [0.29, 0.717) is 4.90 Å². The quantitative estimate of drug-likeness (QED) is 0.784. The van der Waals surface area contributed by atoms with E-state index in [9.17, 15) is 8.42 Å². The molecule has 25 heavy (non-hydrogen) atoms. The van der Waals surface area contributed by atoms with Gasteiger partial charge in [0.05, 0.1) is 10.4 Å². The molecule has 0 spiro atoms. The van der Waals surface area contributed by atoms with E-state index in [-0.39, 0.29) is 0 Å². The predicted octanol–water partition coefficient (Wildman–Crippen LogP) is 3.56. The number of para-hydroxylation sites is 1. The summed E-state index contributed by atoms with van der Waals surface area (Å²) in [5, 5.41) is 4.28. The maximum absolute atomic E-state index is 13.2. The SMILES string of the molecule is Cc1ccc(S(=O)(=O)n2cc(C3=CCNCC3)c3ccccc32)cc1. The average molecular weight is 352 g/mol. The first-order chi connectivity index (χ1) is 12.1. The van der Waals surface area contributed by atoms with Crippen molar-refractivity contribution in [2.24, 2.45) is 0 Å². The van der Waals surface area contributed by atoms with E-state index in [1.165, 1.54) is 9.55 Å². The molecule has 0 atom stereocenters. The summed E-state index contributed by atoms with van der Waals surface area (Å²) in [6.07, 6.45) is 4.82. The molecule has 1 aliphatic heterocycles. The first-order valence-corrected chi connectivity index (χ1v) is 9.84. The second-order valence-electron chi connectivity index (χ2n) is 6.36. The minimum Gasteiger partial charge on any atom is -0.313 e. The fourth-order valence-corrected chi connectivity index (χ4v) is 4.67. The van der Waals surface area contributed by atoms with Gasteiger partial charge in [0.25, 0.3) is 10.0 Å². The number of aryl methyl sites for hydroxylation is 1. The minimum absolute atomic E-state index is 0.310. The van der Waals surface area contributed by atoms with Gasteiger partial charge in [0.15, 0.2) is 0 Å². The number of benzene rings is 2. The highest BCUT2D eigenvalue weighted by Crippen LogP contribution is 2.32. The lowest BCUT2D eigenvalue weighted by molar-refractivity contribution is 0.589. The van der Waals surface area contributed by atoms with Crippen molar-refractivity contribution < 1.29 is 8.42 Å². The van der Waals surface area contributed by atoms with Crippen molar-refractivity contribution in [2.45, 2.75) is 18.2 Å². The Morgan fingerprint density at radius 3 is 2.52 bits per heavy atom. The van der Waals surface area contributed by atoms with Gasteiger partial charge in [-0.1, -0.05) is 42.0 Å². The molecule has 0 saturated carbocycles. The predicted molar refractivity (Wildman–Crippen MR) is 101 cm³/mol. The maximum atomic E-state index is 13.2. The summed E-state index contributed by atoms with van der Waals surface area (Å²) in [5.41, 5.74) is 3.97. The van der Waals surface area contributed by atoms with Crippen molar-refractivity contribution in [2.75, 3.05) is 13.1 Å². The Hall–Kier alpha value is -2.37. The summed E-state index contributed by atoms with van der Waals surface area (Å²) in [6, 6.07) is 14.7. The van der Waals surface area contributed by atoms with E-state index in [0.717, 1.165) is 41.5 Å². The fraction of sp³-hybridized carbons (Fsp3) is 0.200. The lowest BCUT2D eigenvalue weighted by atomic mass is 10.00. The van der Waals surface area contributed by atoms with Crippen LogP contribution in [0.3, 0.4) is 0 Å². The Bertz CT molecular complexity index is 1060. The molecule has 5 heteroatoms. The molecule has 3 aromatic rings. The minimum atomic E-state index is -3.63. The molecule has 0 bridgehead atoms. The zero-order valence-corrected chi connectivity index (χ0v) is 14.9. The second kappa shape index (κ2) is 6.17. The van der Waals surface area contributed by atoms with Crippen LogP contribution in [0.25, 0.3) is 16.5 Å². The third-order valence-electron chi connectivity index (χ3n) is 4.67. The Kier molecular flexibility index (Phi) is 3.98.